The zero-order valence-electron chi connectivity index (χ0n) is 23.4. The van der Waals surface area contributed by atoms with Crippen molar-refractivity contribution in [2.24, 2.45) is 0 Å². The molecule has 1 aliphatic rings. The molecule has 1 aliphatic heterocycles. The van der Waals surface area contributed by atoms with Crippen molar-refractivity contribution in [3.8, 4) is 24.2 Å². The molecule has 210 valence electrons. The number of nitrogens with zero attached hydrogens (tertiary/aromatic N) is 2. The molecule has 0 unspecified atom stereocenters. The first-order valence-electron chi connectivity index (χ1n) is 13.0. The minimum absolute atomic E-state index is 0.237. The molecular weight excluding hydrogens is 542 g/mol. The standard InChI is InChI=1S/C18H17FN2O2S.C12H17NS.C2H2/c1-20-18(22)16-14-9-8-13(21(2)24-3)10-15(14)23-17(16)11-4-6-12(19)7-5-11;1-11-6-5-7-12(10-11)14-13-8-3-2-4-9-13;1-2/h4-10H,1-3H3,(H,20,22);5-7,10H,2-4,8-9H2,1H3;1-2H. The molecule has 0 bridgehead atoms. The lowest BCUT2D eigenvalue weighted by atomic mass is 10.0. The number of furan rings is 1. The first kappa shape index (κ1) is 31.2. The molecule has 1 fully saturated rings. The Morgan fingerprint density at radius 3 is 2.35 bits per heavy atom. The van der Waals surface area contributed by atoms with E-state index in [2.05, 4.69) is 53.7 Å². The average molecular weight is 578 g/mol. The van der Waals surface area contributed by atoms with Gasteiger partial charge in [0.15, 0.2) is 0 Å². The molecule has 3 aromatic carbocycles. The Balaban J connectivity index is 0.000000234. The number of carbonyl (C=O) groups excluding carboxylic acids is 1. The van der Waals surface area contributed by atoms with Crippen LogP contribution in [0.15, 0.2) is 76.0 Å². The quantitative estimate of drug-likeness (QED) is 0.185. The molecule has 0 atom stereocenters. The lowest BCUT2D eigenvalue weighted by molar-refractivity contribution is 0.0964. The maximum absolute atomic E-state index is 13.2. The topological polar surface area (TPSA) is 48.7 Å². The van der Waals surface area contributed by atoms with Crippen LogP contribution in [-0.4, -0.2) is 43.7 Å². The van der Waals surface area contributed by atoms with Crippen LogP contribution in [0.1, 0.15) is 35.2 Å². The van der Waals surface area contributed by atoms with Gasteiger partial charge < -0.3 is 14.0 Å². The van der Waals surface area contributed by atoms with E-state index in [0.29, 0.717) is 22.5 Å². The Morgan fingerprint density at radius 1 is 1.02 bits per heavy atom. The third kappa shape index (κ3) is 8.07. The highest BCUT2D eigenvalue weighted by Gasteiger charge is 2.22. The van der Waals surface area contributed by atoms with Gasteiger partial charge in [0.05, 0.1) is 11.3 Å². The molecule has 1 aromatic heterocycles. The van der Waals surface area contributed by atoms with Gasteiger partial charge >= 0.3 is 0 Å². The Kier molecular flexibility index (Phi) is 12.0. The number of hydrogen-bond donors (Lipinski definition) is 1. The number of amides is 1. The Labute approximate surface area is 245 Å². The van der Waals surface area contributed by atoms with Gasteiger partial charge in [0.1, 0.15) is 17.2 Å². The summed E-state index contributed by atoms with van der Waals surface area (Å²) in [4.78, 5) is 13.7. The second kappa shape index (κ2) is 15.4. The van der Waals surface area contributed by atoms with Gasteiger partial charge in [0.25, 0.3) is 5.91 Å². The van der Waals surface area contributed by atoms with E-state index in [-0.39, 0.29) is 11.7 Å². The van der Waals surface area contributed by atoms with Gasteiger partial charge in [-0.3, -0.25) is 4.79 Å². The summed E-state index contributed by atoms with van der Waals surface area (Å²) < 4.78 is 23.6. The second-order valence-electron chi connectivity index (χ2n) is 9.15. The van der Waals surface area contributed by atoms with Gasteiger partial charge in [0.2, 0.25) is 0 Å². The number of benzene rings is 3. The van der Waals surface area contributed by atoms with E-state index < -0.39 is 0 Å². The molecule has 1 amide bonds. The summed E-state index contributed by atoms with van der Waals surface area (Å²) in [5.41, 5.74) is 4.06. The summed E-state index contributed by atoms with van der Waals surface area (Å²) in [6.07, 6.45) is 14.1. The number of piperidine rings is 1. The number of halogens is 1. The number of hydrogen-bond acceptors (Lipinski definition) is 6. The highest BCUT2D eigenvalue weighted by Crippen LogP contribution is 2.36. The Hall–Kier alpha value is -3.38. The van der Waals surface area contributed by atoms with Gasteiger partial charge in [-0.25, -0.2) is 8.70 Å². The zero-order valence-corrected chi connectivity index (χ0v) is 25.1. The van der Waals surface area contributed by atoms with E-state index in [4.69, 9.17) is 4.42 Å². The molecule has 4 aromatic rings. The number of terminal acetylenes is 1. The summed E-state index contributed by atoms with van der Waals surface area (Å²) in [5.74, 6) is -0.132. The summed E-state index contributed by atoms with van der Waals surface area (Å²) in [6.45, 7) is 4.65. The summed E-state index contributed by atoms with van der Waals surface area (Å²) in [7, 11) is 3.53. The largest absolute Gasteiger partial charge is 0.455 e. The average Bonchev–Trinajstić information content (AvgIpc) is 3.37. The molecule has 0 saturated carbocycles. The van der Waals surface area contributed by atoms with Crippen LogP contribution >= 0.6 is 23.9 Å². The highest BCUT2D eigenvalue weighted by atomic mass is 32.2. The van der Waals surface area contributed by atoms with E-state index in [9.17, 15) is 9.18 Å². The maximum Gasteiger partial charge on any atom is 0.255 e. The van der Waals surface area contributed by atoms with Crippen LogP contribution < -0.4 is 9.62 Å². The monoisotopic (exact) mass is 577 g/mol. The minimum atomic E-state index is -0.333. The van der Waals surface area contributed by atoms with Crippen LogP contribution in [0, 0.1) is 25.6 Å². The van der Waals surface area contributed by atoms with Crippen molar-refractivity contribution in [3.05, 3.63) is 83.7 Å². The molecule has 40 heavy (non-hydrogen) atoms. The first-order chi connectivity index (χ1) is 19.4. The van der Waals surface area contributed by atoms with Crippen LogP contribution in [0.3, 0.4) is 0 Å². The van der Waals surface area contributed by atoms with Crippen LogP contribution in [-0.2, 0) is 0 Å². The Bertz CT molecular complexity index is 1410. The lowest BCUT2D eigenvalue weighted by Gasteiger charge is -2.25. The van der Waals surface area contributed by atoms with Gasteiger partial charge in [-0.1, -0.05) is 30.5 Å². The molecule has 0 aliphatic carbocycles. The van der Waals surface area contributed by atoms with Crippen molar-refractivity contribution in [1.29, 1.82) is 0 Å². The molecule has 0 spiro atoms. The van der Waals surface area contributed by atoms with Crippen molar-refractivity contribution in [2.45, 2.75) is 31.1 Å². The third-order valence-corrected chi connectivity index (χ3v) is 8.26. The number of carbonyl (C=O) groups is 1. The van der Waals surface area contributed by atoms with Crippen molar-refractivity contribution in [3.63, 3.8) is 0 Å². The Morgan fingerprint density at radius 2 is 1.73 bits per heavy atom. The molecule has 0 radical (unpaired) electrons. The van der Waals surface area contributed by atoms with E-state index in [0.717, 1.165) is 11.1 Å². The highest BCUT2D eigenvalue weighted by molar-refractivity contribution is 7.99. The fourth-order valence-electron chi connectivity index (χ4n) is 4.32. The summed E-state index contributed by atoms with van der Waals surface area (Å²) >= 11 is 3.49. The van der Waals surface area contributed by atoms with Gasteiger partial charge in [-0.15, -0.1) is 12.8 Å². The number of nitrogens with one attached hydrogen (secondary N) is 1. The zero-order chi connectivity index (χ0) is 29.1. The number of anilines is 1. The van der Waals surface area contributed by atoms with Crippen molar-refractivity contribution >= 4 is 46.5 Å². The predicted octanol–water partition coefficient (Wildman–Crippen LogP) is 8.05. The number of fused-ring (bicyclic) bond motifs is 1. The SMILES string of the molecule is C#C.CNC(=O)c1c(-c2ccc(F)cc2)oc2cc(N(C)SC)ccc12.Cc1cccc(SN2CCCCC2)c1. The van der Waals surface area contributed by atoms with Gasteiger partial charge in [0, 0.05) is 55.4 Å². The van der Waals surface area contributed by atoms with E-state index in [1.165, 1.54) is 54.9 Å². The third-order valence-electron chi connectivity index (χ3n) is 6.41. The van der Waals surface area contributed by atoms with Crippen LogP contribution in [0.25, 0.3) is 22.3 Å². The predicted molar refractivity (Wildman–Crippen MR) is 169 cm³/mol. The summed E-state index contributed by atoms with van der Waals surface area (Å²) in [6, 6.07) is 20.4. The van der Waals surface area contributed by atoms with E-state index >= 15 is 0 Å². The molecule has 1 N–H and O–H groups in total. The number of aryl methyl sites for hydroxylation is 1. The van der Waals surface area contributed by atoms with Gasteiger partial charge in [-0.05, 0) is 85.8 Å². The first-order valence-corrected chi connectivity index (χ1v) is 15.0. The minimum Gasteiger partial charge on any atom is -0.455 e. The molecule has 8 heteroatoms. The maximum atomic E-state index is 13.2. The molecular formula is C32H36FN3O2S2. The van der Waals surface area contributed by atoms with Crippen LogP contribution in [0.5, 0.6) is 0 Å². The molecule has 5 nitrogen and oxygen atoms in total. The molecule has 2 heterocycles. The fourth-order valence-corrected chi connectivity index (χ4v) is 5.76. The van der Waals surface area contributed by atoms with Crippen LogP contribution in [0.2, 0.25) is 0 Å². The smallest absolute Gasteiger partial charge is 0.255 e. The molecule has 5 rings (SSSR count). The lowest BCUT2D eigenvalue weighted by Crippen LogP contribution is -2.22. The fraction of sp³-hybridized carbons (Fsp3) is 0.281. The van der Waals surface area contributed by atoms with Crippen LogP contribution in [0.4, 0.5) is 10.1 Å². The number of rotatable bonds is 6. The molecule has 1 saturated heterocycles. The second-order valence-corrected chi connectivity index (χ2v) is 11.2. The van der Waals surface area contributed by atoms with Crippen molar-refractivity contribution < 1.29 is 13.6 Å². The van der Waals surface area contributed by atoms with E-state index in [1.807, 2.05) is 47.8 Å². The van der Waals surface area contributed by atoms with Crippen molar-refractivity contribution in [1.82, 2.24) is 9.62 Å². The van der Waals surface area contributed by atoms with Crippen molar-refractivity contribution in [2.75, 3.05) is 37.7 Å². The summed E-state index contributed by atoms with van der Waals surface area (Å²) in [5, 5.41) is 3.37. The van der Waals surface area contributed by atoms with E-state index in [1.54, 1.807) is 31.1 Å². The van der Waals surface area contributed by atoms with Gasteiger partial charge in [-0.2, -0.15) is 0 Å². The normalized spacial score (nSPS) is 13.0.